The number of benzene rings is 1. The summed E-state index contributed by atoms with van der Waals surface area (Å²) in [4.78, 5) is 7.15. The molecular formula is C17H24N4. The number of likely N-dealkylation sites (tertiary alicyclic amines) is 1. The molecule has 1 unspecified atom stereocenters. The molecular weight excluding hydrogens is 260 g/mol. The van der Waals surface area contributed by atoms with Gasteiger partial charge in [0.25, 0.3) is 0 Å². The van der Waals surface area contributed by atoms with Crippen molar-refractivity contribution >= 4 is 0 Å². The lowest BCUT2D eigenvalue weighted by Gasteiger charge is -2.24. The van der Waals surface area contributed by atoms with Crippen molar-refractivity contribution in [1.29, 1.82) is 0 Å². The summed E-state index contributed by atoms with van der Waals surface area (Å²) in [5.74, 6) is 1.82. The quantitative estimate of drug-likeness (QED) is 0.862. The Kier molecular flexibility index (Phi) is 4.06. The summed E-state index contributed by atoms with van der Waals surface area (Å²) in [6, 6.07) is 9.26. The van der Waals surface area contributed by atoms with Gasteiger partial charge in [0.05, 0.1) is 0 Å². The van der Waals surface area contributed by atoms with Gasteiger partial charge in [0.2, 0.25) is 0 Å². The van der Waals surface area contributed by atoms with Gasteiger partial charge in [0.1, 0.15) is 5.82 Å². The van der Waals surface area contributed by atoms with Gasteiger partial charge in [-0.25, -0.2) is 9.67 Å². The fourth-order valence-electron chi connectivity index (χ4n) is 3.17. The lowest BCUT2D eigenvalue weighted by atomic mass is 10.0. The summed E-state index contributed by atoms with van der Waals surface area (Å²) in [5, 5.41) is 4.45. The molecule has 4 heteroatoms. The van der Waals surface area contributed by atoms with Crippen molar-refractivity contribution in [1.82, 2.24) is 19.7 Å². The second-order valence-corrected chi connectivity index (χ2v) is 5.84. The van der Waals surface area contributed by atoms with Crippen LogP contribution in [0.25, 0.3) is 11.4 Å². The normalized spacial score (nSPS) is 17.3. The molecule has 1 aliphatic heterocycles. The second kappa shape index (κ2) is 5.98. The molecule has 2 heterocycles. The second-order valence-electron chi connectivity index (χ2n) is 5.84. The Bertz CT molecular complexity index is 611. The Morgan fingerprint density at radius 3 is 2.71 bits per heavy atom. The minimum absolute atomic E-state index is 0.478. The van der Waals surface area contributed by atoms with E-state index < -0.39 is 0 Å². The molecule has 1 aromatic heterocycles. The minimum atomic E-state index is 0.478. The Morgan fingerprint density at radius 2 is 2.00 bits per heavy atom. The Balaban J connectivity index is 1.92. The summed E-state index contributed by atoms with van der Waals surface area (Å²) in [5.41, 5.74) is 2.54. The van der Waals surface area contributed by atoms with Crippen molar-refractivity contribution in [2.45, 2.75) is 46.2 Å². The lowest BCUT2D eigenvalue weighted by Crippen LogP contribution is -2.23. The zero-order valence-electron chi connectivity index (χ0n) is 13.2. The molecule has 0 bridgehead atoms. The zero-order chi connectivity index (χ0) is 14.8. The molecule has 0 aliphatic carbocycles. The van der Waals surface area contributed by atoms with Crippen LogP contribution in [0.15, 0.2) is 24.3 Å². The number of hydrogen-bond donors (Lipinski definition) is 0. The van der Waals surface area contributed by atoms with Crippen molar-refractivity contribution in [3.63, 3.8) is 0 Å². The van der Waals surface area contributed by atoms with Crippen LogP contribution in [0.3, 0.4) is 0 Å². The first-order valence-electron chi connectivity index (χ1n) is 7.95. The van der Waals surface area contributed by atoms with Gasteiger partial charge in [-0.1, -0.05) is 18.2 Å². The molecule has 0 N–H and O–H groups in total. The van der Waals surface area contributed by atoms with Gasteiger partial charge >= 0.3 is 0 Å². The van der Waals surface area contributed by atoms with E-state index in [9.17, 15) is 0 Å². The molecule has 1 atom stereocenters. The van der Waals surface area contributed by atoms with Crippen molar-refractivity contribution in [3.8, 4) is 11.4 Å². The highest BCUT2D eigenvalue weighted by Crippen LogP contribution is 2.27. The predicted octanol–water partition coefficient (Wildman–Crippen LogP) is 3.43. The van der Waals surface area contributed by atoms with Gasteiger partial charge in [0, 0.05) is 18.2 Å². The maximum atomic E-state index is 4.59. The Labute approximate surface area is 126 Å². The number of aromatic nitrogens is 3. The first kappa shape index (κ1) is 14.3. The molecule has 1 saturated heterocycles. The molecule has 3 rings (SSSR count). The Morgan fingerprint density at radius 1 is 1.24 bits per heavy atom. The summed E-state index contributed by atoms with van der Waals surface area (Å²) >= 11 is 0. The van der Waals surface area contributed by atoms with Crippen LogP contribution in [0.5, 0.6) is 0 Å². The monoisotopic (exact) mass is 284 g/mol. The number of aryl methyl sites for hydroxylation is 2. The highest BCUT2D eigenvalue weighted by Gasteiger charge is 2.20. The first-order chi connectivity index (χ1) is 10.2. The summed E-state index contributed by atoms with van der Waals surface area (Å²) in [7, 11) is 0. The fourth-order valence-corrected chi connectivity index (χ4v) is 3.17. The Hall–Kier alpha value is -1.68. The molecule has 2 aromatic rings. The van der Waals surface area contributed by atoms with Gasteiger partial charge in [-0.3, -0.25) is 4.90 Å². The van der Waals surface area contributed by atoms with Gasteiger partial charge < -0.3 is 0 Å². The van der Waals surface area contributed by atoms with Gasteiger partial charge in [-0.2, -0.15) is 5.10 Å². The van der Waals surface area contributed by atoms with E-state index >= 15 is 0 Å². The number of nitrogens with zero attached hydrogens (tertiary/aromatic N) is 4. The van der Waals surface area contributed by atoms with E-state index in [0.717, 1.165) is 18.2 Å². The molecule has 0 spiro atoms. The molecule has 112 valence electrons. The largest absolute Gasteiger partial charge is 0.297 e. The van der Waals surface area contributed by atoms with Crippen molar-refractivity contribution < 1.29 is 0 Å². The third-order valence-corrected chi connectivity index (χ3v) is 4.39. The molecule has 1 aromatic carbocycles. The van der Waals surface area contributed by atoms with Crippen LogP contribution in [0.4, 0.5) is 0 Å². The standard InChI is InChI=1S/C17H24N4/c1-4-21-17(18-14(3)19-21)16-9-7-8-15(12-16)13(2)20-10-5-6-11-20/h7-9,12-13H,4-6,10-11H2,1-3H3. The average molecular weight is 284 g/mol. The van der Waals surface area contributed by atoms with Crippen LogP contribution in [0.2, 0.25) is 0 Å². The summed E-state index contributed by atoms with van der Waals surface area (Å²) < 4.78 is 1.98. The minimum Gasteiger partial charge on any atom is -0.297 e. The molecule has 21 heavy (non-hydrogen) atoms. The van der Waals surface area contributed by atoms with E-state index in [1.54, 1.807) is 0 Å². The van der Waals surface area contributed by atoms with Crippen molar-refractivity contribution in [3.05, 3.63) is 35.7 Å². The van der Waals surface area contributed by atoms with Crippen molar-refractivity contribution in [2.24, 2.45) is 0 Å². The third kappa shape index (κ3) is 2.86. The SMILES string of the molecule is CCn1nc(C)nc1-c1cccc(C(C)N2CCCC2)c1. The molecule has 4 nitrogen and oxygen atoms in total. The maximum Gasteiger partial charge on any atom is 0.158 e. The summed E-state index contributed by atoms with van der Waals surface area (Å²) in [6.07, 6.45) is 2.65. The van der Waals surface area contributed by atoms with E-state index in [2.05, 4.69) is 53.1 Å². The molecule has 0 amide bonds. The topological polar surface area (TPSA) is 34.0 Å². The van der Waals surface area contributed by atoms with Crippen LogP contribution in [0.1, 0.15) is 44.1 Å². The highest BCUT2D eigenvalue weighted by atomic mass is 15.3. The van der Waals surface area contributed by atoms with Crippen LogP contribution >= 0.6 is 0 Å². The summed E-state index contributed by atoms with van der Waals surface area (Å²) in [6.45, 7) is 9.65. The van der Waals surface area contributed by atoms with Crippen LogP contribution in [-0.4, -0.2) is 32.8 Å². The van der Waals surface area contributed by atoms with Gasteiger partial charge in [-0.05, 0) is 58.3 Å². The first-order valence-corrected chi connectivity index (χ1v) is 7.95. The highest BCUT2D eigenvalue weighted by molar-refractivity contribution is 5.56. The third-order valence-electron chi connectivity index (χ3n) is 4.39. The van der Waals surface area contributed by atoms with Crippen LogP contribution in [0, 0.1) is 6.92 Å². The van der Waals surface area contributed by atoms with E-state index in [-0.39, 0.29) is 0 Å². The predicted molar refractivity (Wildman–Crippen MR) is 85.1 cm³/mol. The van der Waals surface area contributed by atoms with E-state index in [1.807, 2.05) is 11.6 Å². The lowest BCUT2D eigenvalue weighted by molar-refractivity contribution is 0.263. The smallest absolute Gasteiger partial charge is 0.158 e. The molecule has 1 aliphatic rings. The van der Waals surface area contributed by atoms with E-state index in [0.29, 0.717) is 6.04 Å². The van der Waals surface area contributed by atoms with E-state index in [4.69, 9.17) is 0 Å². The average Bonchev–Trinajstić information content (AvgIpc) is 3.15. The van der Waals surface area contributed by atoms with Gasteiger partial charge in [0.15, 0.2) is 5.82 Å². The van der Waals surface area contributed by atoms with Gasteiger partial charge in [-0.15, -0.1) is 0 Å². The van der Waals surface area contributed by atoms with Crippen LogP contribution in [-0.2, 0) is 6.54 Å². The zero-order valence-corrected chi connectivity index (χ0v) is 13.2. The maximum absolute atomic E-state index is 4.59. The molecule has 0 saturated carbocycles. The fraction of sp³-hybridized carbons (Fsp3) is 0.529. The number of rotatable bonds is 4. The van der Waals surface area contributed by atoms with Crippen LogP contribution < -0.4 is 0 Å². The van der Waals surface area contributed by atoms with E-state index in [1.165, 1.54) is 37.1 Å². The number of hydrogen-bond acceptors (Lipinski definition) is 3. The molecule has 1 fully saturated rings. The van der Waals surface area contributed by atoms with Crippen molar-refractivity contribution in [2.75, 3.05) is 13.1 Å². The molecule has 0 radical (unpaired) electrons.